The molecule has 2 aliphatic heterocycles. The number of benzene rings is 4. The Bertz CT molecular complexity index is 1790. The topological polar surface area (TPSA) is 55.8 Å². The van der Waals surface area contributed by atoms with Crippen molar-refractivity contribution in [2.75, 3.05) is 6.54 Å². The molecule has 44 heavy (non-hydrogen) atoms. The molecule has 7 rings (SSSR count). The molecule has 0 amide bonds. The Balaban J connectivity index is 1.74. The maximum absolute atomic E-state index is 14.8. The number of fused-ring (bicyclic) bond motifs is 9. The Morgan fingerprint density at radius 3 is 1.82 bits per heavy atom. The van der Waals surface area contributed by atoms with Crippen LogP contribution >= 0.6 is 15.9 Å². The van der Waals surface area contributed by atoms with Gasteiger partial charge in [-0.3, -0.25) is 0 Å². The monoisotopic (exact) mass is 647 g/mol. The minimum atomic E-state index is -1.14. The van der Waals surface area contributed by atoms with Crippen molar-refractivity contribution in [2.24, 2.45) is 0 Å². The number of hydrogen-bond acceptors (Lipinski definition) is 5. The molecule has 6 heteroatoms. The largest absolute Gasteiger partial charge is 0.460 e. The molecule has 222 valence electrons. The molecular weight excluding hydrogens is 614 g/mol. The van der Waals surface area contributed by atoms with Crippen LogP contribution in [0.2, 0.25) is 0 Å². The summed E-state index contributed by atoms with van der Waals surface area (Å²) >= 11 is 3.65. The Kier molecular flexibility index (Phi) is 6.81. The zero-order chi connectivity index (χ0) is 30.8. The van der Waals surface area contributed by atoms with Gasteiger partial charge in [0.25, 0.3) is 0 Å². The Hall–Kier alpha value is -4.16. The summed E-state index contributed by atoms with van der Waals surface area (Å²) in [5, 5.41) is 0. The Morgan fingerprint density at radius 1 is 0.705 bits per heavy atom. The summed E-state index contributed by atoms with van der Waals surface area (Å²) in [5.41, 5.74) is 5.67. The van der Waals surface area contributed by atoms with Crippen molar-refractivity contribution in [3.63, 3.8) is 0 Å². The zero-order valence-corrected chi connectivity index (χ0v) is 26.9. The molecule has 3 aliphatic rings. The highest BCUT2D eigenvalue weighted by Crippen LogP contribution is 2.70. The van der Waals surface area contributed by atoms with E-state index >= 15 is 0 Å². The Morgan fingerprint density at radius 2 is 1.23 bits per heavy atom. The van der Waals surface area contributed by atoms with E-state index in [9.17, 15) is 9.59 Å². The van der Waals surface area contributed by atoms with E-state index in [0.29, 0.717) is 18.5 Å². The van der Waals surface area contributed by atoms with E-state index in [1.54, 1.807) is 0 Å². The first-order valence-electron chi connectivity index (χ1n) is 15.2. The van der Waals surface area contributed by atoms with Crippen LogP contribution in [0.15, 0.2) is 113 Å². The first-order valence-corrected chi connectivity index (χ1v) is 16.0. The normalized spacial score (nSPS) is 19.1. The highest BCUT2D eigenvalue weighted by Gasteiger charge is 2.72. The van der Waals surface area contributed by atoms with Crippen LogP contribution in [-0.4, -0.2) is 35.6 Å². The molecule has 1 atom stereocenters. The van der Waals surface area contributed by atoms with Crippen LogP contribution in [-0.2, 0) is 36.4 Å². The van der Waals surface area contributed by atoms with Gasteiger partial charge in [0, 0.05) is 11.0 Å². The van der Waals surface area contributed by atoms with Gasteiger partial charge in [0.1, 0.15) is 11.2 Å². The minimum absolute atomic E-state index is 0.272. The first kappa shape index (κ1) is 28.6. The second-order valence-electron chi connectivity index (χ2n) is 12.2. The lowest BCUT2D eigenvalue weighted by molar-refractivity contribution is -0.147. The highest BCUT2D eigenvalue weighted by atomic mass is 79.9. The van der Waals surface area contributed by atoms with Gasteiger partial charge in [-0.1, -0.05) is 101 Å². The molecule has 0 bridgehead atoms. The van der Waals surface area contributed by atoms with Gasteiger partial charge in [0.15, 0.2) is 0 Å². The second-order valence-corrected chi connectivity index (χ2v) is 13.2. The summed E-state index contributed by atoms with van der Waals surface area (Å²) in [5.74, 6) is -1.03. The van der Waals surface area contributed by atoms with Crippen LogP contribution in [0.4, 0.5) is 0 Å². The van der Waals surface area contributed by atoms with Crippen molar-refractivity contribution in [1.29, 1.82) is 0 Å². The average Bonchev–Trinajstić information content (AvgIpc) is 3.46. The van der Waals surface area contributed by atoms with Gasteiger partial charge in [0.2, 0.25) is 0 Å². The summed E-state index contributed by atoms with van der Waals surface area (Å²) in [6.07, 6.45) is -0.0650. The van der Waals surface area contributed by atoms with Gasteiger partial charge in [0.05, 0.1) is 23.2 Å². The molecule has 0 saturated heterocycles. The molecule has 4 aromatic carbocycles. The lowest BCUT2D eigenvalue weighted by Gasteiger charge is -2.54. The Labute approximate surface area is 266 Å². The molecule has 0 radical (unpaired) electrons. The molecule has 1 aliphatic carbocycles. The summed E-state index contributed by atoms with van der Waals surface area (Å²) in [6, 6.07) is 33.4. The van der Waals surface area contributed by atoms with Crippen LogP contribution in [0, 0.1) is 0 Å². The predicted molar refractivity (Wildman–Crippen MR) is 174 cm³/mol. The number of nitrogens with zero attached hydrogens (tertiary/aromatic N) is 1. The van der Waals surface area contributed by atoms with Gasteiger partial charge < -0.3 is 14.4 Å². The molecule has 1 unspecified atom stereocenters. The van der Waals surface area contributed by atoms with Gasteiger partial charge in [-0.25, -0.2) is 9.59 Å². The van der Waals surface area contributed by atoms with Gasteiger partial charge >= 0.3 is 11.9 Å². The molecule has 2 heterocycles. The summed E-state index contributed by atoms with van der Waals surface area (Å²) in [6.45, 7) is 7.87. The average molecular weight is 649 g/mol. The molecule has 0 N–H and O–H groups in total. The van der Waals surface area contributed by atoms with Crippen molar-refractivity contribution in [3.8, 4) is 11.1 Å². The molecule has 0 saturated carbocycles. The SMILES string of the molecule is CC(C)OC(=O)C1=C(C(=O)OC(C)C)C2(c3ccccc3-c3ccccc32)C2(c3ccc(Br)cc3)c3ccccc3CCN12. The lowest BCUT2D eigenvalue weighted by atomic mass is 9.54. The lowest BCUT2D eigenvalue weighted by Crippen LogP contribution is -2.59. The van der Waals surface area contributed by atoms with E-state index in [1.165, 1.54) is 5.56 Å². The molecular formula is C38H34BrNO4. The third-order valence-corrected chi connectivity index (χ3v) is 9.67. The van der Waals surface area contributed by atoms with Crippen LogP contribution in [0.25, 0.3) is 11.1 Å². The maximum Gasteiger partial charge on any atom is 0.355 e. The van der Waals surface area contributed by atoms with Crippen molar-refractivity contribution >= 4 is 27.9 Å². The number of carbonyl (C=O) groups excluding carboxylic acids is 2. The number of esters is 2. The number of hydrogen-bond donors (Lipinski definition) is 0. The van der Waals surface area contributed by atoms with Crippen LogP contribution in [0.1, 0.15) is 55.5 Å². The van der Waals surface area contributed by atoms with Crippen molar-refractivity contribution in [2.45, 2.75) is 57.3 Å². The van der Waals surface area contributed by atoms with Gasteiger partial charge in [-0.15, -0.1) is 0 Å². The maximum atomic E-state index is 14.8. The number of rotatable bonds is 5. The highest BCUT2D eigenvalue weighted by molar-refractivity contribution is 9.10. The number of halogens is 1. The number of carbonyl (C=O) groups is 2. The summed E-state index contributed by atoms with van der Waals surface area (Å²) in [4.78, 5) is 31.4. The van der Waals surface area contributed by atoms with Crippen molar-refractivity contribution < 1.29 is 19.1 Å². The quantitative estimate of drug-likeness (QED) is 0.208. The van der Waals surface area contributed by atoms with Crippen molar-refractivity contribution in [3.05, 3.63) is 141 Å². The van der Waals surface area contributed by atoms with Gasteiger partial charge in [-0.05, 0) is 85.2 Å². The fourth-order valence-corrected chi connectivity index (χ4v) is 8.20. The van der Waals surface area contributed by atoms with E-state index in [0.717, 1.165) is 37.9 Å². The smallest absolute Gasteiger partial charge is 0.355 e. The van der Waals surface area contributed by atoms with E-state index in [1.807, 2.05) is 64.1 Å². The molecule has 4 aromatic rings. The standard InChI is InChI=1S/C38H34BrNO4/c1-23(2)43-35(41)33-34(36(42)44-24(3)4)40-22-21-25-11-5-8-14-30(25)38(40,26-17-19-27(39)20-18-26)37(33)31-15-9-6-12-28(31)29-13-7-10-16-32(29)37/h5-20,23-24H,21-22H2,1-4H3. The van der Waals surface area contributed by atoms with Crippen molar-refractivity contribution in [1.82, 2.24) is 4.90 Å². The van der Waals surface area contributed by atoms with Crippen LogP contribution in [0.5, 0.6) is 0 Å². The fraction of sp³-hybridized carbons (Fsp3) is 0.263. The third-order valence-electron chi connectivity index (χ3n) is 9.14. The molecule has 5 nitrogen and oxygen atoms in total. The van der Waals surface area contributed by atoms with E-state index in [-0.39, 0.29) is 11.8 Å². The van der Waals surface area contributed by atoms with E-state index in [4.69, 9.17) is 9.47 Å². The molecule has 0 aromatic heterocycles. The third kappa shape index (κ3) is 3.76. The molecule has 1 spiro atoms. The van der Waals surface area contributed by atoms with E-state index in [2.05, 4.69) is 81.5 Å². The van der Waals surface area contributed by atoms with Gasteiger partial charge in [-0.2, -0.15) is 0 Å². The number of ether oxygens (including phenoxy) is 2. The predicted octanol–water partition coefficient (Wildman–Crippen LogP) is 7.69. The van der Waals surface area contributed by atoms with E-state index < -0.39 is 29.0 Å². The summed E-state index contributed by atoms with van der Waals surface area (Å²) in [7, 11) is 0. The fourth-order valence-electron chi connectivity index (χ4n) is 7.93. The molecule has 0 fully saturated rings. The zero-order valence-electron chi connectivity index (χ0n) is 25.3. The van der Waals surface area contributed by atoms with Crippen LogP contribution in [0.3, 0.4) is 0 Å². The van der Waals surface area contributed by atoms with Crippen LogP contribution < -0.4 is 0 Å². The minimum Gasteiger partial charge on any atom is -0.460 e. The summed E-state index contributed by atoms with van der Waals surface area (Å²) < 4.78 is 13.0. The second kappa shape index (κ2) is 10.5. The first-order chi connectivity index (χ1) is 21.2.